The number of ketones is 1. The van der Waals surface area contributed by atoms with E-state index >= 15 is 0 Å². The molecule has 0 aromatic heterocycles. The van der Waals surface area contributed by atoms with Crippen LogP contribution in [0.2, 0.25) is 0 Å². The number of carbonyl (C=O) groups is 3. The zero-order chi connectivity index (χ0) is 23.9. The molecule has 2 aromatic carbocycles. The molecule has 3 N–H and O–H groups in total. The van der Waals surface area contributed by atoms with Gasteiger partial charge in [0, 0.05) is 31.9 Å². The molecule has 0 radical (unpaired) electrons. The van der Waals surface area contributed by atoms with Crippen molar-refractivity contribution in [2.24, 2.45) is 5.41 Å². The van der Waals surface area contributed by atoms with Crippen LogP contribution < -0.4 is 5.32 Å². The molecule has 0 unspecified atom stereocenters. The van der Waals surface area contributed by atoms with Crippen LogP contribution in [0, 0.1) is 8.99 Å². The first-order valence-corrected chi connectivity index (χ1v) is 11.0. The fourth-order valence-corrected chi connectivity index (χ4v) is 3.71. The van der Waals surface area contributed by atoms with E-state index in [4.69, 9.17) is 9.84 Å². The van der Waals surface area contributed by atoms with E-state index in [2.05, 4.69) is 27.9 Å². The third-order valence-corrected chi connectivity index (χ3v) is 5.63. The molecule has 7 nitrogen and oxygen atoms in total. The lowest BCUT2D eigenvalue weighted by molar-refractivity contribution is -0.131. The first-order valence-electron chi connectivity index (χ1n) is 9.96. The minimum Gasteiger partial charge on any atom is -0.508 e. The van der Waals surface area contributed by atoms with Gasteiger partial charge in [-0.15, -0.1) is 0 Å². The number of Topliss-reactive ketones (excluding diaryl/α,β-unsaturated/α-hetero) is 1. The summed E-state index contributed by atoms with van der Waals surface area (Å²) >= 11 is 2.11. The summed E-state index contributed by atoms with van der Waals surface area (Å²) in [7, 11) is 0. The summed E-state index contributed by atoms with van der Waals surface area (Å²) in [4.78, 5) is 34.8. The average molecular weight is 551 g/mol. The van der Waals surface area contributed by atoms with Crippen LogP contribution in [0.3, 0.4) is 0 Å². The summed E-state index contributed by atoms with van der Waals surface area (Å²) in [5.41, 5.74) is 0.834. The molecule has 0 heterocycles. The van der Waals surface area contributed by atoms with Gasteiger partial charge >= 0.3 is 12.1 Å². The maximum absolute atomic E-state index is 12.7. The second-order valence-corrected chi connectivity index (χ2v) is 9.26. The quantitative estimate of drug-likeness (QED) is 0.202. The Morgan fingerprint density at radius 3 is 2.41 bits per heavy atom. The highest BCUT2D eigenvalue weighted by molar-refractivity contribution is 14.1. The predicted molar refractivity (Wildman–Crippen MR) is 130 cm³/mol. The average Bonchev–Trinajstić information content (AvgIpc) is 2.71. The topological polar surface area (TPSA) is 113 Å². The molecule has 2 aromatic rings. The fourth-order valence-electron chi connectivity index (χ4n) is 3.19. The Labute approximate surface area is 200 Å². The van der Waals surface area contributed by atoms with Crippen LogP contribution in [0.4, 0.5) is 10.5 Å². The number of hydrogen-bond donors (Lipinski definition) is 3. The van der Waals surface area contributed by atoms with Gasteiger partial charge < -0.3 is 14.9 Å². The molecule has 0 saturated carbocycles. The molecule has 0 spiro atoms. The van der Waals surface area contributed by atoms with E-state index in [0.29, 0.717) is 29.7 Å². The second kappa shape index (κ2) is 11.1. The number of carboxylic acid groups (broad SMARTS) is 1. The maximum Gasteiger partial charge on any atom is 0.412 e. The van der Waals surface area contributed by atoms with Gasteiger partial charge in [0.15, 0.2) is 5.78 Å². The van der Waals surface area contributed by atoms with E-state index in [1.165, 1.54) is 6.92 Å². The van der Waals surface area contributed by atoms with E-state index in [-0.39, 0.29) is 11.5 Å². The van der Waals surface area contributed by atoms with Crippen molar-refractivity contribution in [1.82, 2.24) is 0 Å². The third-order valence-electron chi connectivity index (χ3n) is 4.96. The van der Waals surface area contributed by atoms with Crippen molar-refractivity contribution in [2.75, 3.05) is 5.32 Å². The molecule has 0 aliphatic carbocycles. The Hall–Kier alpha value is -2.88. The highest BCUT2D eigenvalue weighted by Gasteiger charge is 2.35. The number of carboxylic acids is 1. The number of hydrogen-bond acceptors (Lipinski definition) is 5. The van der Waals surface area contributed by atoms with Gasteiger partial charge in [-0.1, -0.05) is 19.9 Å². The number of benzene rings is 2. The Bertz CT molecular complexity index is 1010. The normalized spacial score (nSPS) is 12.4. The fraction of sp³-hybridized carbons (Fsp3) is 0.292. The van der Waals surface area contributed by atoms with E-state index in [0.717, 1.165) is 9.65 Å². The molecule has 0 saturated heterocycles. The molecule has 0 aliphatic heterocycles. The molecule has 8 heteroatoms. The summed E-state index contributed by atoms with van der Waals surface area (Å²) in [6, 6.07) is 11.5. The van der Waals surface area contributed by atoms with E-state index in [9.17, 15) is 19.5 Å². The minimum atomic E-state index is -1.03. The SMILES string of the molecule is CC(=O)c1ccc(NC(=O)O[C@@H](c2cc(I)ccc2O)C(C)(C)CC/C=C/C(=O)O)cc1. The van der Waals surface area contributed by atoms with Crippen molar-refractivity contribution in [3.8, 4) is 5.75 Å². The number of halogens is 1. The Kier molecular flexibility index (Phi) is 8.82. The van der Waals surface area contributed by atoms with Crippen molar-refractivity contribution in [3.05, 3.63) is 69.3 Å². The highest BCUT2D eigenvalue weighted by Crippen LogP contribution is 2.44. The van der Waals surface area contributed by atoms with Crippen molar-refractivity contribution in [1.29, 1.82) is 0 Å². The molecule has 1 amide bonds. The number of allylic oxidation sites excluding steroid dienone is 1. The molecule has 170 valence electrons. The van der Waals surface area contributed by atoms with Gasteiger partial charge in [-0.2, -0.15) is 0 Å². The Balaban J connectivity index is 2.25. The molecule has 0 aliphatic rings. The number of phenolic OH excluding ortho intramolecular Hbond substituents is 1. The van der Waals surface area contributed by atoms with Crippen molar-refractivity contribution < 1.29 is 29.3 Å². The van der Waals surface area contributed by atoms with Gasteiger partial charge in [0.05, 0.1) is 0 Å². The number of ether oxygens (including phenoxy) is 1. The molecule has 1 atom stereocenters. The summed E-state index contributed by atoms with van der Waals surface area (Å²) in [6.07, 6.45) is 2.08. The van der Waals surface area contributed by atoms with Gasteiger partial charge in [-0.05, 0) is 84.8 Å². The first-order chi connectivity index (χ1) is 15.0. The summed E-state index contributed by atoms with van der Waals surface area (Å²) in [6.45, 7) is 5.24. The molecular weight excluding hydrogens is 525 g/mol. The van der Waals surface area contributed by atoms with E-state index in [1.807, 2.05) is 13.8 Å². The molecule has 0 bridgehead atoms. The van der Waals surface area contributed by atoms with Crippen LogP contribution in [-0.2, 0) is 9.53 Å². The summed E-state index contributed by atoms with van der Waals surface area (Å²) < 4.78 is 6.64. The van der Waals surface area contributed by atoms with Crippen molar-refractivity contribution in [3.63, 3.8) is 0 Å². The molecule has 32 heavy (non-hydrogen) atoms. The number of phenols is 1. The summed E-state index contributed by atoms with van der Waals surface area (Å²) in [5.74, 6) is -1.10. The zero-order valence-electron chi connectivity index (χ0n) is 18.1. The summed E-state index contributed by atoms with van der Waals surface area (Å²) in [5, 5.41) is 21.9. The largest absolute Gasteiger partial charge is 0.508 e. The predicted octanol–water partition coefficient (Wildman–Crippen LogP) is 5.94. The lowest BCUT2D eigenvalue weighted by atomic mass is 9.78. The number of amides is 1. The maximum atomic E-state index is 12.7. The van der Waals surface area contributed by atoms with Crippen LogP contribution >= 0.6 is 22.6 Å². The smallest absolute Gasteiger partial charge is 0.412 e. The van der Waals surface area contributed by atoms with Crippen molar-refractivity contribution >= 4 is 46.1 Å². The van der Waals surface area contributed by atoms with Gasteiger partial charge in [0.2, 0.25) is 0 Å². The number of aliphatic carboxylic acids is 1. The van der Waals surface area contributed by atoms with Gasteiger partial charge in [0.25, 0.3) is 0 Å². The van der Waals surface area contributed by atoms with Crippen molar-refractivity contribution in [2.45, 2.75) is 39.7 Å². The number of carbonyl (C=O) groups excluding carboxylic acids is 2. The van der Waals surface area contributed by atoms with Crippen LogP contribution in [0.5, 0.6) is 5.75 Å². The second-order valence-electron chi connectivity index (χ2n) is 8.01. The van der Waals surface area contributed by atoms with Crippen LogP contribution in [-0.4, -0.2) is 28.1 Å². The standard InChI is InChI=1S/C24H26INO6/c1-15(27)16-7-10-18(11-8-16)26-23(31)32-22(19-14-17(25)9-12-20(19)28)24(2,3)13-5-4-6-21(29)30/h4,6-12,14,22,28H,5,13H2,1-3H3,(H,26,31)(H,29,30)/b6-4+/t22-/m0/s1. The number of nitrogens with one attached hydrogen (secondary N) is 1. The first kappa shape index (κ1) is 25.4. The molecule has 2 rings (SSSR count). The number of aromatic hydroxyl groups is 1. The number of anilines is 1. The monoisotopic (exact) mass is 551 g/mol. The minimum absolute atomic E-state index is 0.00294. The van der Waals surface area contributed by atoms with Gasteiger partial charge in [0.1, 0.15) is 11.9 Å². The van der Waals surface area contributed by atoms with Crippen LogP contribution in [0.15, 0.2) is 54.6 Å². The third kappa shape index (κ3) is 7.37. The van der Waals surface area contributed by atoms with E-state index in [1.54, 1.807) is 48.5 Å². The van der Waals surface area contributed by atoms with Crippen LogP contribution in [0.1, 0.15) is 55.6 Å². The highest BCUT2D eigenvalue weighted by atomic mass is 127. The molecular formula is C24H26INO6. The zero-order valence-corrected chi connectivity index (χ0v) is 20.3. The van der Waals surface area contributed by atoms with Gasteiger partial charge in [-0.3, -0.25) is 10.1 Å². The Morgan fingerprint density at radius 1 is 1.16 bits per heavy atom. The molecule has 0 fully saturated rings. The van der Waals surface area contributed by atoms with Crippen LogP contribution in [0.25, 0.3) is 0 Å². The van der Waals surface area contributed by atoms with Gasteiger partial charge in [-0.25, -0.2) is 9.59 Å². The van der Waals surface area contributed by atoms with E-state index < -0.39 is 23.6 Å². The Morgan fingerprint density at radius 2 is 1.81 bits per heavy atom. The lowest BCUT2D eigenvalue weighted by Gasteiger charge is -2.34. The number of rotatable bonds is 9. The lowest BCUT2D eigenvalue weighted by Crippen LogP contribution is -2.29.